The first-order valence-corrected chi connectivity index (χ1v) is 7.23. The van der Waals surface area contributed by atoms with Crippen LogP contribution in [0.2, 0.25) is 0 Å². The molecule has 0 bridgehead atoms. The quantitative estimate of drug-likeness (QED) is 0.657. The van der Waals surface area contributed by atoms with E-state index in [-0.39, 0.29) is 23.3 Å². The fraction of sp³-hybridized carbons (Fsp3) is 0.412. The highest BCUT2D eigenvalue weighted by atomic mass is 16.4. The van der Waals surface area contributed by atoms with Crippen LogP contribution < -0.4 is 5.63 Å². The van der Waals surface area contributed by atoms with Gasteiger partial charge in [0.1, 0.15) is 16.9 Å². The second-order valence-corrected chi connectivity index (χ2v) is 6.15. The zero-order valence-electron chi connectivity index (χ0n) is 13.1. The first-order valence-electron chi connectivity index (χ1n) is 7.23. The molecule has 1 aromatic heterocycles. The summed E-state index contributed by atoms with van der Waals surface area (Å²) in [6, 6.07) is 6.84. The fourth-order valence-corrected chi connectivity index (χ4v) is 2.25. The molecule has 0 aliphatic carbocycles. The summed E-state index contributed by atoms with van der Waals surface area (Å²) in [7, 11) is 0. The number of para-hydroxylation sites is 1. The van der Waals surface area contributed by atoms with Crippen LogP contribution in [0.25, 0.3) is 11.0 Å². The van der Waals surface area contributed by atoms with Crippen molar-refractivity contribution >= 4 is 16.7 Å². The van der Waals surface area contributed by atoms with Crippen LogP contribution >= 0.6 is 0 Å². The highest BCUT2D eigenvalue weighted by Crippen LogP contribution is 2.27. The van der Waals surface area contributed by atoms with Crippen LogP contribution in [0.5, 0.6) is 5.75 Å². The maximum atomic E-state index is 12.1. The van der Waals surface area contributed by atoms with E-state index in [4.69, 9.17) is 9.52 Å². The summed E-state index contributed by atoms with van der Waals surface area (Å²) in [6.45, 7) is 6.19. The molecule has 0 spiro atoms. The number of nitrogens with zero attached hydrogens (tertiary/aromatic N) is 1. The zero-order valence-corrected chi connectivity index (χ0v) is 13.1. The Morgan fingerprint density at radius 3 is 2.68 bits per heavy atom. The monoisotopic (exact) mass is 303 g/mol. The van der Waals surface area contributed by atoms with E-state index in [9.17, 15) is 9.90 Å². The number of aliphatic hydroxyl groups excluding tert-OH is 1. The third-order valence-corrected chi connectivity index (χ3v) is 3.68. The predicted molar refractivity (Wildman–Crippen MR) is 86.7 cm³/mol. The second-order valence-electron chi connectivity index (χ2n) is 6.15. The van der Waals surface area contributed by atoms with E-state index in [0.717, 1.165) is 0 Å². The number of hydrogen-bond donors (Lipinski definition) is 2. The molecule has 0 unspecified atom stereocenters. The lowest BCUT2D eigenvalue weighted by Gasteiger charge is -2.21. The highest BCUT2D eigenvalue weighted by molar-refractivity contribution is 6.04. The molecule has 5 heteroatoms. The van der Waals surface area contributed by atoms with Gasteiger partial charge in [-0.15, -0.1) is 0 Å². The van der Waals surface area contributed by atoms with Gasteiger partial charge >= 0.3 is 5.63 Å². The van der Waals surface area contributed by atoms with Crippen LogP contribution in [0, 0.1) is 5.41 Å². The maximum absolute atomic E-state index is 12.1. The van der Waals surface area contributed by atoms with Crippen molar-refractivity contribution in [1.82, 2.24) is 0 Å². The van der Waals surface area contributed by atoms with Gasteiger partial charge in [0.25, 0.3) is 0 Å². The largest absolute Gasteiger partial charge is 0.506 e. The third-order valence-electron chi connectivity index (χ3n) is 3.68. The summed E-state index contributed by atoms with van der Waals surface area (Å²) in [5.41, 5.74) is 0.101. The van der Waals surface area contributed by atoms with Crippen molar-refractivity contribution in [2.75, 3.05) is 13.2 Å². The molecule has 22 heavy (non-hydrogen) atoms. The summed E-state index contributed by atoms with van der Waals surface area (Å²) < 4.78 is 5.24. The molecule has 2 N–H and O–H groups in total. The van der Waals surface area contributed by atoms with E-state index in [1.807, 2.05) is 13.8 Å². The van der Waals surface area contributed by atoms with E-state index in [2.05, 4.69) is 4.99 Å². The van der Waals surface area contributed by atoms with Gasteiger partial charge in [-0.05, 0) is 30.9 Å². The number of aliphatic imine (C=N–C) groups is 1. The van der Waals surface area contributed by atoms with E-state index < -0.39 is 5.63 Å². The van der Waals surface area contributed by atoms with Crippen LogP contribution in [0.3, 0.4) is 0 Å². The topological polar surface area (TPSA) is 83.0 Å². The van der Waals surface area contributed by atoms with Crippen molar-refractivity contribution in [3.8, 4) is 5.75 Å². The minimum absolute atomic E-state index is 0.0882. The molecule has 2 rings (SSSR count). The summed E-state index contributed by atoms with van der Waals surface area (Å²) in [6.07, 6.45) is 0.613. The lowest BCUT2D eigenvalue weighted by atomic mass is 9.90. The Balaban J connectivity index is 2.44. The average molecular weight is 303 g/mol. The minimum Gasteiger partial charge on any atom is -0.506 e. The number of rotatable bonds is 5. The Morgan fingerprint density at radius 1 is 1.32 bits per heavy atom. The molecule has 118 valence electrons. The smallest absolute Gasteiger partial charge is 0.349 e. The van der Waals surface area contributed by atoms with E-state index in [1.165, 1.54) is 0 Å². The third kappa shape index (κ3) is 3.36. The van der Waals surface area contributed by atoms with Gasteiger partial charge in [-0.3, -0.25) is 4.99 Å². The molecular formula is C17H21NO4. The van der Waals surface area contributed by atoms with Crippen LogP contribution in [0.15, 0.2) is 38.5 Å². The molecule has 1 heterocycles. The van der Waals surface area contributed by atoms with Gasteiger partial charge < -0.3 is 14.6 Å². The van der Waals surface area contributed by atoms with Crippen molar-refractivity contribution in [2.24, 2.45) is 10.4 Å². The average Bonchev–Trinajstić information content (AvgIpc) is 2.45. The maximum Gasteiger partial charge on any atom is 0.349 e. The van der Waals surface area contributed by atoms with Gasteiger partial charge in [-0.1, -0.05) is 26.0 Å². The van der Waals surface area contributed by atoms with Gasteiger partial charge in [-0.25, -0.2) is 4.79 Å². The minimum atomic E-state index is -0.600. The number of fused-ring (bicyclic) bond motifs is 1. The molecule has 0 aliphatic heterocycles. The van der Waals surface area contributed by atoms with E-state index in [0.29, 0.717) is 29.6 Å². The summed E-state index contributed by atoms with van der Waals surface area (Å²) in [5.74, 6) is -0.104. The molecule has 1 aromatic carbocycles. The Labute approximate surface area is 128 Å². The predicted octanol–water partition coefficient (Wildman–Crippen LogP) is 2.72. The molecule has 0 fully saturated rings. The SMILES string of the molecule is CC(=NCC(C)(C)CCO)c1c(O)c2ccccc2oc1=O. The first kappa shape index (κ1) is 16.2. The van der Waals surface area contributed by atoms with Gasteiger partial charge in [-0.2, -0.15) is 0 Å². The molecule has 0 saturated carbocycles. The van der Waals surface area contributed by atoms with Crippen molar-refractivity contribution in [1.29, 1.82) is 0 Å². The number of aliphatic hydroxyl groups is 1. The Kier molecular flexibility index (Phi) is 4.66. The van der Waals surface area contributed by atoms with Crippen LogP contribution in [0.4, 0.5) is 0 Å². The van der Waals surface area contributed by atoms with Gasteiger partial charge in [0, 0.05) is 13.2 Å². The van der Waals surface area contributed by atoms with E-state index >= 15 is 0 Å². The zero-order chi connectivity index (χ0) is 16.3. The van der Waals surface area contributed by atoms with Crippen LogP contribution in [0.1, 0.15) is 32.8 Å². The van der Waals surface area contributed by atoms with Crippen LogP contribution in [-0.2, 0) is 0 Å². The standard InChI is InChI=1S/C17H21NO4/c1-11(18-10-17(2,3)8-9-19)14-15(20)12-6-4-5-7-13(12)22-16(14)21/h4-7,19-20H,8-10H2,1-3H3. The second kappa shape index (κ2) is 6.32. The summed E-state index contributed by atoms with van der Waals surface area (Å²) >= 11 is 0. The van der Waals surface area contributed by atoms with Gasteiger partial charge in [0.2, 0.25) is 0 Å². The van der Waals surface area contributed by atoms with Crippen molar-refractivity contribution in [3.05, 3.63) is 40.2 Å². The lowest BCUT2D eigenvalue weighted by Crippen LogP contribution is -2.20. The molecule has 0 amide bonds. The van der Waals surface area contributed by atoms with Crippen molar-refractivity contribution in [2.45, 2.75) is 27.2 Å². The molecular weight excluding hydrogens is 282 g/mol. The Morgan fingerprint density at radius 2 is 2.00 bits per heavy atom. The summed E-state index contributed by atoms with van der Waals surface area (Å²) in [4.78, 5) is 16.5. The number of aromatic hydroxyl groups is 1. The Hall–Kier alpha value is -2.14. The van der Waals surface area contributed by atoms with Crippen molar-refractivity contribution < 1.29 is 14.6 Å². The molecule has 0 radical (unpaired) electrons. The molecule has 0 aliphatic rings. The normalized spacial score (nSPS) is 12.8. The first-order chi connectivity index (χ1) is 10.4. The summed E-state index contributed by atoms with van der Waals surface area (Å²) in [5, 5.41) is 19.9. The lowest BCUT2D eigenvalue weighted by molar-refractivity contribution is 0.217. The van der Waals surface area contributed by atoms with Gasteiger partial charge in [0.15, 0.2) is 0 Å². The number of benzene rings is 1. The molecule has 5 nitrogen and oxygen atoms in total. The van der Waals surface area contributed by atoms with E-state index in [1.54, 1.807) is 31.2 Å². The Bertz CT molecular complexity index is 759. The highest BCUT2D eigenvalue weighted by Gasteiger charge is 2.19. The van der Waals surface area contributed by atoms with Gasteiger partial charge in [0.05, 0.1) is 11.1 Å². The fourth-order valence-electron chi connectivity index (χ4n) is 2.25. The number of hydrogen-bond acceptors (Lipinski definition) is 5. The van der Waals surface area contributed by atoms with Crippen LogP contribution in [-0.4, -0.2) is 29.1 Å². The van der Waals surface area contributed by atoms with Crippen molar-refractivity contribution in [3.63, 3.8) is 0 Å². The molecule has 0 atom stereocenters. The molecule has 2 aromatic rings. The molecule has 0 saturated heterocycles.